The average Bonchev–Trinajstić information content (AvgIpc) is 2.80. The van der Waals surface area contributed by atoms with E-state index in [1.807, 2.05) is 72.8 Å². The Hall–Kier alpha value is -3.27. The van der Waals surface area contributed by atoms with Crippen LogP contribution in [-0.4, -0.2) is 19.6 Å². The van der Waals surface area contributed by atoms with Crippen molar-refractivity contribution in [1.29, 1.82) is 0 Å². The highest BCUT2D eigenvalue weighted by atomic mass is 16.5. The molecule has 0 saturated carbocycles. The van der Waals surface area contributed by atoms with Gasteiger partial charge in [-0.25, -0.2) is 0 Å². The van der Waals surface area contributed by atoms with Crippen molar-refractivity contribution in [1.82, 2.24) is 0 Å². The van der Waals surface area contributed by atoms with Gasteiger partial charge in [-0.05, 0) is 53.9 Å². The second kappa shape index (κ2) is 11.1. The number of para-hydroxylation sites is 2. The van der Waals surface area contributed by atoms with Gasteiger partial charge in [0.2, 0.25) is 0 Å². The molecule has 0 aromatic heterocycles. The van der Waals surface area contributed by atoms with Crippen molar-refractivity contribution in [2.75, 3.05) is 19.0 Å². The molecule has 0 aliphatic heterocycles. The van der Waals surface area contributed by atoms with E-state index in [9.17, 15) is 4.79 Å². The van der Waals surface area contributed by atoms with Crippen LogP contribution in [0.4, 0.5) is 5.69 Å². The first-order valence-corrected chi connectivity index (χ1v) is 10.5. The van der Waals surface area contributed by atoms with Gasteiger partial charge in [-0.2, -0.15) is 0 Å². The number of hydrogen-bond donors (Lipinski definition) is 1. The van der Waals surface area contributed by atoms with Gasteiger partial charge in [0, 0.05) is 5.56 Å². The molecule has 156 valence electrons. The minimum absolute atomic E-state index is 0.169. The first-order valence-electron chi connectivity index (χ1n) is 10.5. The van der Waals surface area contributed by atoms with Crippen LogP contribution in [0, 0.1) is 0 Å². The van der Waals surface area contributed by atoms with E-state index in [0.717, 1.165) is 29.9 Å². The first-order chi connectivity index (χ1) is 14.7. The van der Waals surface area contributed by atoms with Crippen LogP contribution in [-0.2, 0) is 0 Å². The lowest BCUT2D eigenvalue weighted by Crippen LogP contribution is -2.12. The van der Waals surface area contributed by atoms with Crippen LogP contribution in [0.15, 0.2) is 72.8 Å². The number of anilines is 1. The molecule has 0 heterocycles. The molecule has 0 saturated heterocycles. The van der Waals surface area contributed by atoms with E-state index in [1.165, 1.54) is 19.3 Å². The maximum Gasteiger partial charge on any atom is 0.255 e. The number of rotatable bonds is 10. The van der Waals surface area contributed by atoms with Gasteiger partial charge in [0.05, 0.1) is 19.4 Å². The molecule has 3 aromatic carbocycles. The Morgan fingerprint density at radius 2 is 1.50 bits per heavy atom. The Balaban J connectivity index is 1.59. The summed E-state index contributed by atoms with van der Waals surface area (Å²) in [5, 5.41) is 2.90. The molecule has 1 amide bonds. The lowest BCUT2D eigenvalue weighted by atomic mass is 10.0. The summed E-state index contributed by atoms with van der Waals surface area (Å²) in [6, 6.07) is 23.0. The second-order valence-corrected chi connectivity index (χ2v) is 7.17. The number of carbonyl (C=O) groups excluding carboxylic acids is 1. The van der Waals surface area contributed by atoms with Gasteiger partial charge in [-0.15, -0.1) is 0 Å². The maximum absolute atomic E-state index is 12.6. The lowest BCUT2D eigenvalue weighted by Gasteiger charge is -2.10. The van der Waals surface area contributed by atoms with Crippen LogP contribution >= 0.6 is 0 Å². The van der Waals surface area contributed by atoms with Crippen LogP contribution in [0.5, 0.6) is 11.5 Å². The molecule has 0 atom stereocenters. The number of ether oxygens (including phenoxy) is 2. The standard InChI is InChI=1S/C26H29NO3/c1-3-4-5-8-19-30-23-17-15-21(16-18-23)20-11-13-22(14-12-20)26(28)27-24-9-6-7-10-25(24)29-2/h6-7,9-18H,3-5,8,19H2,1-2H3,(H,27,28). The van der Waals surface area contributed by atoms with E-state index in [2.05, 4.69) is 12.2 Å². The highest BCUT2D eigenvalue weighted by Gasteiger charge is 2.09. The SMILES string of the molecule is CCCCCCOc1ccc(-c2ccc(C(=O)Nc3ccccc3OC)cc2)cc1. The quantitative estimate of drug-likeness (QED) is 0.389. The Labute approximate surface area is 178 Å². The molecule has 0 fully saturated rings. The second-order valence-electron chi connectivity index (χ2n) is 7.17. The summed E-state index contributed by atoms with van der Waals surface area (Å²) in [5.41, 5.74) is 3.39. The van der Waals surface area contributed by atoms with Gasteiger partial charge in [0.15, 0.2) is 0 Å². The van der Waals surface area contributed by atoms with Gasteiger partial charge in [-0.3, -0.25) is 4.79 Å². The normalized spacial score (nSPS) is 10.5. The molecule has 30 heavy (non-hydrogen) atoms. The highest BCUT2D eigenvalue weighted by Crippen LogP contribution is 2.25. The van der Waals surface area contributed by atoms with Gasteiger partial charge in [-0.1, -0.05) is 62.6 Å². The van der Waals surface area contributed by atoms with Gasteiger partial charge in [0.25, 0.3) is 5.91 Å². The Kier molecular flexibility index (Phi) is 7.90. The summed E-state index contributed by atoms with van der Waals surface area (Å²) >= 11 is 0. The first kappa shape index (κ1) is 21.4. The molecule has 0 bridgehead atoms. The highest BCUT2D eigenvalue weighted by molar-refractivity contribution is 6.05. The summed E-state index contributed by atoms with van der Waals surface area (Å²) in [6.07, 6.45) is 4.80. The van der Waals surface area contributed by atoms with Gasteiger partial charge in [0.1, 0.15) is 11.5 Å². The molecule has 0 radical (unpaired) electrons. The van der Waals surface area contributed by atoms with Crippen molar-refractivity contribution < 1.29 is 14.3 Å². The van der Waals surface area contributed by atoms with E-state index >= 15 is 0 Å². The summed E-state index contributed by atoms with van der Waals surface area (Å²) in [7, 11) is 1.59. The number of hydrogen-bond acceptors (Lipinski definition) is 3. The fourth-order valence-corrected chi connectivity index (χ4v) is 3.22. The zero-order chi connectivity index (χ0) is 21.2. The molecule has 1 N–H and O–H groups in total. The lowest BCUT2D eigenvalue weighted by molar-refractivity contribution is 0.102. The number of unbranched alkanes of at least 4 members (excludes halogenated alkanes) is 3. The van der Waals surface area contributed by atoms with Crippen molar-refractivity contribution in [2.24, 2.45) is 0 Å². The fourth-order valence-electron chi connectivity index (χ4n) is 3.22. The summed E-state index contributed by atoms with van der Waals surface area (Å²) < 4.78 is 11.1. The number of amides is 1. The van der Waals surface area contributed by atoms with Crippen LogP contribution in [0.2, 0.25) is 0 Å². The number of nitrogens with one attached hydrogen (secondary N) is 1. The van der Waals surface area contributed by atoms with Crippen LogP contribution < -0.4 is 14.8 Å². The molecular weight excluding hydrogens is 374 g/mol. The molecule has 0 spiro atoms. The molecule has 0 aliphatic rings. The largest absolute Gasteiger partial charge is 0.495 e. The van der Waals surface area contributed by atoms with Gasteiger partial charge < -0.3 is 14.8 Å². The molecule has 3 aromatic rings. The van der Waals surface area contributed by atoms with Crippen molar-refractivity contribution >= 4 is 11.6 Å². The van der Waals surface area contributed by atoms with Crippen molar-refractivity contribution in [2.45, 2.75) is 32.6 Å². The molecule has 3 rings (SSSR count). The number of methoxy groups -OCH3 is 1. The smallest absolute Gasteiger partial charge is 0.255 e. The molecule has 0 aliphatic carbocycles. The number of benzene rings is 3. The topological polar surface area (TPSA) is 47.6 Å². The molecular formula is C26H29NO3. The summed E-state index contributed by atoms with van der Waals surface area (Å²) in [5.74, 6) is 1.36. The monoisotopic (exact) mass is 403 g/mol. The zero-order valence-electron chi connectivity index (χ0n) is 17.7. The number of carbonyl (C=O) groups is 1. The van der Waals surface area contributed by atoms with E-state index in [4.69, 9.17) is 9.47 Å². The fraction of sp³-hybridized carbons (Fsp3) is 0.269. The van der Waals surface area contributed by atoms with Crippen LogP contribution in [0.25, 0.3) is 11.1 Å². The predicted molar refractivity (Wildman–Crippen MR) is 122 cm³/mol. The average molecular weight is 404 g/mol. The summed E-state index contributed by atoms with van der Waals surface area (Å²) in [6.45, 7) is 2.97. The van der Waals surface area contributed by atoms with Crippen LogP contribution in [0.3, 0.4) is 0 Å². The van der Waals surface area contributed by atoms with E-state index in [1.54, 1.807) is 7.11 Å². The maximum atomic E-state index is 12.6. The van der Waals surface area contributed by atoms with E-state index in [-0.39, 0.29) is 5.91 Å². The molecule has 4 heteroatoms. The van der Waals surface area contributed by atoms with Crippen molar-refractivity contribution in [3.8, 4) is 22.6 Å². The Morgan fingerprint density at radius 3 is 2.17 bits per heavy atom. The van der Waals surface area contributed by atoms with E-state index < -0.39 is 0 Å². The Morgan fingerprint density at radius 1 is 0.833 bits per heavy atom. The third kappa shape index (κ3) is 5.86. The predicted octanol–water partition coefficient (Wildman–Crippen LogP) is 6.57. The summed E-state index contributed by atoms with van der Waals surface area (Å²) in [4.78, 5) is 12.6. The molecule has 4 nitrogen and oxygen atoms in total. The van der Waals surface area contributed by atoms with Crippen LogP contribution in [0.1, 0.15) is 43.0 Å². The Bertz CT molecular complexity index is 933. The minimum Gasteiger partial charge on any atom is -0.495 e. The van der Waals surface area contributed by atoms with E-state index in [0.29, 0.717) is 17.0 Å². The third-order valence-corrected chi connectivity index (χ3v) is 4.96. The molecule has 0 unspecified atom stereocenters. The van der Waals surface area contributed by atoms with Crippen molar-refractivity contribution in [3.05, 3.63) is 78.4 Å². The van der Waals surface area contributed by atoms with Gasteiger partial charge >= 0.3 is 0 Å². The minimum atomic E-state index is -0.169. The van der Waals surface area contributed by atoms with Crippen molar-refractivity contribution in [3.63, 3.8) is 0 Å². The zero-order valence-corrected chi connectivity index (χ0v) is 17.7. The third-order valence-electron chi connectivity index (χ3n) is 4.96.